The van der Waals surface area contributed by atoms with Crippen molar-refractivity contribution in [1.29, 1.82) is 0 Å². The number of rotatable bonds is 5. The van der Waals surface area contributed by atoms with Crippen LogP contribution in [-0.2, 0) is 10.9 Å². The number of hydrogen-bond donors (Lipinski definition) is 1. The highest BCUT2D eigenvalue weighted by Gasteiger charge is 2.17. The molecule has 0 amide bonds. The molecular weight excluding hydrogens is 211 g/mol. The first-order valence-corrected chi connectivity index (χ1v) is 8.94. The third kappa shape index (κ3) is 8.05. The van der Waals surface area contributed by atoms with Crippen LogP contribution < -0.4 is 5.09 Å². The van der Waals surface area contributed by atoms with Gasteiger partial charge in [-0.3, -0.25) is 9.76 Å². The highest BCUT2D eigenvalue weighted by molar-refractivity contribution is 7.95. The Morgan fingerprint density at radius 3 is 2.14 bits per heavy atom. The van der Waals surface area contributed by atoms with E-state index in [1.54, 1.807) is 0 Å². The van der Waals surface area contributed by atoms with Crippen molar-refractivity contribution in [2.75, 3.05) is 38.5 Å². The van der Waals surface area contributed by atoms with E-state index in [9.17, 15) is 0 Å². The van der Waals surface area contributed by atoms with Crippen LogP contribution in [0.2, 0.25) is 0 Å². The van der Waals surface area contributed by atoms with Crippen LogP contribution in [0, 0.1) is 0 Å². The summed E-state index contributed by atoms with van der Waals surface area (Å²) in [6, 6.07) is 0. The Kier molecular flexibility index (Phi) is 6.63. The zero-order valence-corrected chi connectivity index (χ0v) is 12.4. The molecule has 4 heteroatoms. The molecular formula is C10H26N2PS+. The molecule has 14 heavy (non-hydrogen) atoms. The van der Waals surface area contributed by atoms with Gasteiger partial charge < -0.3 is 0 Å². The second kappa shape index (κ2) is 6.32. The van der Waals surface area contributed by atoms with E-state index >= 15 is 0 Å². The Labute approximate surface area is 94.0 Å². The van der Waals surface area contributed by atoms with E-state index < -0.39 is 0 Å². The summed E-state index contributed by atoms with van der Waals surface area (Å²) in [7, 11) is 2.61. The number of hydrogen-bond acceptors (Lipinski definition) is 2. The minimum Gasteiger partial charge on any atom is -0.279 e. The Morgan fingerprint density at radius 1 is 1.29 bits per heavy atom. The summed E-state index contributed by atoms with van der Waals surface area (Å²) in [6.45, 7) is 10.2. The molecule has 0 rings (SSSR count). The zero-order chi connectivity index (χ0) is 11.4. The zero-order valence-electron chi connectivity index (χ0n) is 10.7. The van der Waals surface area contributed by atoms with E-state index in [-0.39, 0.29) is 13.8 Å². The van der Waals surface area contributed by atoms with Crippen LogP contribution in [0.3, 0.4) is 0 Å². The lowest BCUT2D eigenvalue weighted by molar-refractivity contribution is 0.497. The molecule has 1 N–H and O–H groups in total. The number of nitrogens with one attached hydrogen (secondary N) is 1. The average molecular weight is 237 g/mol. The third-order valence-electron chi connectivity index (χ3n) is 1.83. The fourth-order valence-corrected chi connectivity index (χ4v) is 3.35. The van der Waals surface area contributed by atoms with Gasteiger partial charge in [0.15, 0.2) is 0 Å². The highest BCUT2D eigenvalue weighted by Crippen LogP contribution is 2.31. The molecule has 0 spiro atoms. The lowest BCUT2D eigenvalue weighted by Gasteiger charge is -2.31. The average Bonchev–Trinajstić information content (AvgIpc) is 1.96. The standard InChI is InChI=1S/C10H26N2PS/c1-10(2,3)11-13(5)12(4)8-9-14(6)7/h11H,8-9H2,1-7H3/q+1. The molecule has 1 atom stereocenters. The monoisotopic (exact) mass is 237 g/mol. The van der Waals surface area contributed by atoms with Gasteiger partial charge in [-0.25, -0.2) is 0 Å². The van der Waals surface area contributed by atoms with Crippen LogP contribution in [0.4, 0.5) is 0 Å². The fraction of sp³-hybridized carbons (Fsp3) is 1.00. The normalized spacial score (nSPS) is 15.2. The molecule has 0 bridgehead atoms. The minimum atomic E-state index is -0.173. The summed E-state index contributed by atoms with van der Waals surface area (Å²) >= 11 is 0. The maximum Gasteiger partial charge on any atom is 0.120 e. The minimum absolute atomic E-state index is 0.173. The summed E-state index contributed by atoms with van der Waals surface area (Å²) in [6.07, 6.45) is 4.62. The van der Waals surface area contributed by atoms with E-state index in [0.717, 1.165) is 0 Å². The van der Waals surface area contributed by atoms with Crippen LogP contribution >= 0.6 is 8.22 Å². The molecule has 0 saturated carbocycles. The summed E-state index contributed by atoms with van der Waals surface area (Å²) in [5.41, 5.74) is 0.231. The predicted molar refractivity (Wildman–Crippen MR) is 72.4 cm³/mol. The summed E-state index contributed by atoms with van der Waals surface area (Å²) in [4.78, 5) is 0. The second-order valence-electron chi connectivity index (χ2n) is 4.96. The second-order valence-corrected chi connectivity index (χ2v) is 9.29. The van der Waals surface area contributed by atoms with Crippen molar-refractivity contribution in [3.05, 3.63) is 0 Å². The maximum atomic E-state index is 3.64. The molecule has 0 heterocycles. The molecule has 2 nitrogen and oxygen atoms in total. The first-order chi connectivity index (χ1) is 6.22. The van der Waals surface area contributed by atoms with Gasteiger partial charge in [0.2, 0.25) is 0 Å². The van der Waals surface area contributed by atoms with Gasteiger partial charge in [0.1, 0.15) is 5.75 Å². The molecule has 0 saturated heterocycles. The van der Waals surface area contributed by atoms with Gasteiger partial charge in [0.05, 0.1) is 12.5 Å². The molecule has 0 aromatic carbocycles. The van der Waals surface area contributed by atoms with E-state index in [4.69, 9.17) is 0 Å². The molecule has 0 fully saturated rings. The SMILES string of the molecule is CN(CC[S+](C)C)P(C)NC(C)(C)C. The van der Waals surface area contributed by atoms with Crippen molar-refractivity contribution in [2.45, 2.75) is 26.3 Å². The van der Waals surface area contributed by atoms with Crippen LogP contribution in [0.15, 0.2) is 0 Å². The fourth-order valence-electron chi connectivity index (χ4n) is 1.04. The Balaban J connectivity index is 3.82. The van der Waals surface area contributed by atoms with Crippen molar-refractivity contribution in [3.63, 3.8) is 0 Å². The van der Waals surface area contributed by atoms with Gasteiger partial charge >= 0.3 is 0 Å². The molecule has 0 aromatic rings. The molecule has 1 unspecified atom stereocenters. The van der Waals surface area contributed by atoms with Crippen molar-refractivity contribution < 1.29 is 0 Å². The summed E-state index contributed by atoms with van der Waals surface area (Å²) in [5.74, 6) is 1.31. The third-order valence-corrected chi connectivity index (χ3v) is 5.05. The molecule has 0 aliphatic carbocycles. The smallest absolute Gasteiger partial charge is 0.120 e. The van der Waals surface area contributed by atoms with Gasteiger partial charge in [0, 0.05) is 20.3 Å². The van der Waals surface area contributed by atoms with E-state index in [0.29, 0.717) is 10.9 Å². The summed E-state index contributed by atoms with van der Waals surface area (Å²) < 4.78 is 2.45. The van der Waals surface area contributed by atoms with Gasteiger partial charge in [-0.05, 0) is 45.4 Å². The van der Waals surface area contributed by atoms with Crippen LogP contribution in [0.1, 0.15) is 20.8 Å². The lowest BCUT2D eigenvalue weighted by atomic mass is 10.1. The van der Waals surface area contributed by atoms with Gasteiger partial charge in [0.25, 0.3) is 0 Å². The van der Waals surface area contributed by atoms with E-state index in [2.05, 4.69) is 56.8 Å². The topological polar surface area (TPSA) is 15.3 Å². The molecule has 86 valence electrons. The first-order valence-electron chi connectivity index (χ1n) is 4.99. The molecule has 0 aliphatic rings. The predicted octanol–water partition coefficient (Wildman–Crippen LogP) is 2.13. The Morgan fingerprint density at radius 2 is 1.79 bits per heavy atom. The maximum absolute atomic E-state index is 3.64. The Bertz CT molecular complexity index is 157. The van der Waals surface area contributed by atoms with Crippen molar-refractivity contribution in [1.82, 2.24) is 9.76 Å². The quantitative estimate of drug-likeness (QED) is 0.582. The lowest BCUT2D eigenvalue weighted by Crippen LogP contribution is -2.36. The van der Waals surface area contributed by atoms with Crippen molar-refractivity contribution in [3.8, 4) is 0 Å². The van der Waals surface area contributed by atoms with Gasteiger partial charge in [-0.15, -0.1) is 0 Å². The number of nitrogens with zero attached hydrogens (tertiary/aromatic N) is 1. The largest absolute Gasteiger partial charge is 0.279 e. The highest BCUT2D eigenvalue weighted by atomic mass is 32.2. The van der Waals surface area contributed by atoms with Gasteiger partial charge in [-0.2, -0.15) is 0 Å². The van der Waals surface area contributed by atoms with Crippen molar-refractivity contribution >= 4 is 19.1 Å². The van der Waals surface area contributed by atoms with Crippen LogP contribution in [-0.4, -0.2) is 48.7 Å². The summed E-state index contributed by atoms with van der Waals surface area (Å²) in [5, 5.41) is 3.64. The molecule has 0 aromatic heterocycles. The van der Waals surface area contributed by atoms with Gasteiger partial charge in [-0.1, -0.05) is 0 Å². The van der Waals surface area contributed by atoms with Crippen LogP contribution in [0.25, 0.3) is 0 Å². The van der Waals surface area contributed by atoms with Crippen molar-refractivity contribution in [2.24, 2.45) is 0 Å². The van der Waals surface area contributed by atoms with E-state index in [1.807, 2.05) is 0 Å². The molecule has 0 radical (unpaired) electrons. The van der Waals surface area contributed by atoms with Crippen LogP contribution in [0.5, 0.6) is 0 Å². The molecule has 0 aliphatic heterocycles. The van der Waals surface area contributed by atoms with E-state index in [1.165, 1.54) is 12.3 Å². The first kappa shape index (κ1) is 14.7. The Hall–Kier alpha value is 0.700.